The number of rotatable bonds is 11. The van der Waals surface area contributed by atoms with Gasteiger partial charge in [-0.05, 0) is 102 Å². The maximum absolute atomic E-state index is 14.1. The van der Waals surface area contributed by atoms with Gasteiger partial charge in [-0.15, -0.1) is 0 Å². The number of allylic oxidation sites excluding steroid dienone is 3. The molecule has 0 bridgehead atoms. The van der Waals surface area contributed by atoms with Crippen LogP contribution in [0.5, 0.6) is 0 Å². The van der Waals surface area contributed by atoms with E-state index in [-0.39, 0.29) is 28.4 Å². The van der Waals surface area contributed by atoms with Crippen molar-refractivity contribution in [2.45, 2.75) is 53.2 Å². The summed E-state index contributed by atoms with van der Waals surface area (Å²) in [7, 11) is 5.45. The highest BCUT2D eigenvalue weighted by molar-refractivity contribution is 5.87. The third-order valence-corrected chi connectivity index (χ3v) is 7.10. The normalized spacial score (nSPS) is 13.9. The maximum Gasteiger partial charge on any atom is 0.130 e. The predicted octanol–water partition coefficient (Wildman–Crippen LogP) is 6.93. The van der Waals surface area contributed by atoms with Crippen molar-refractivity contribution >= 4 is 11.3 Å². The Hall–Kier alpha value is -3.61. The fraction of sp³-hybridized carbons (Fsp3) is 0.333. The average molecular weight is 535 g/mol. The zero-order valence-corrected chi connectivity index (χ0v) is 24.6. The molecular formula is C33H43FN2O3. The van der Waals surface area contributed by atoms with Gasteiger partial charge in [0.05, 0.1) is 0 Å². The summed E-state index contributed by atoms with van der Waals surface area (Å²) in [5.74, 6) is -0.394. The topological polar surface area (TPSA) is 79.0 Å². The molecule has 0 aliphatic rings. The lowest BCUT2D eigenvalue weighted by Gasteiger charge is -2.26. The number of hydrogen-bond donors (Lipinski definition) is 3. The summed E-state index contributed by atoms with van der Waals surface area (Å²) in [5.41, 5.74) is 14.3. The zero-order chi connectivity index (χ0) is 29.8. The van der Waals surface area contributed by atoms with Crippen LogP contribution >= 0.6 is 0 Å². The molecule has 0 aromatic heterocycles. The molecule has 2 atom stereocenters. The van der Waals surface area contributed by atoms with E-state index in [0.29, 0.717) is 16.7 Å². The number of hydrogen-bond acceptors (Lipinski definition) is 5. The third-order valence-electron chi connectivity index (χ3n) is 7.10. The van der Waals surface area contributed by atoms with Gasteiger partial charge in [0.2, 0.25) is 0 Å². The molecule has 2 aromatic carbocycles. The van der Waals surface area contributed by atoms with Gasteiger partial charge in [0.1, 0.15) is 23.8 Å². The first-order valence-electron chi connectivity index (χ1n) is 12.9. The Kier molecular flexibility index (Phi) is 10.5. The fourth-order valence-electron chi connectivity index (χ4n) is 4.81. The van der Waals surface area contributed by atoms with Crippen molar-refractivity contribution in [3.8, 4) is 11.1 Å². The standard InChI is InChI=1S/C33H43FN2O3/c1-12-26-29(36(9)10)17-27(25-13-14-28(34)18(2)16-25)21(5)30(26)19(3)15-20(4)32(37)22(6)31(23(7)35)33(38)24(8)39-11/h13-17,24,32,37-38H,3,6-7,12,35H2,1-2,4-5,8-11H3/b20-15+,33-31-/t24-,32-/m0/s1. The summed E-state index contributed by atoms with van der Waals surface area (Å²) >= 11 is 0. The molecule has 0 unspecified atom stereocenters. The first-order chi connectivity index (χ1) is 18.2. The molecule has 39 heavy (non-hydrogen) atoms. The Morgan fingerprint density at radius 3 is 2.28 bits per heavy atom. The Bertz CT molecular complexity index is 1350. The van der Waals surface area contributed by atoms with E-state index in [1.807, 2.05) is 33.2 Å². The maximum atomic E-state index is 14.1. The van der Waals surface area contributed by atoms with Gasteiger partial charge in [-0.1, -0.05) is 38.8 Å². The van der Waals surface area contributed by atoms with Crippen LogP contribution in [0.1, 0.15) is 43.0 Å². The molecule has 5 nitrogen and oxygen atoms in total. The van der Waals surface area contributed by atoms with E-state index < -0.39 is 12.2 Å². The number of aliphatic hydroxyl groups is 2. The quantitative estimate of drug-likeness (QED) is 0.215. The van der Waals surface area contributed by atoms with Crippen molar-refractivity contribution in [2.75, 3.05) is 26.1 Å². The molecule has 0 heterocycles. The number of methoxy groups -OCH3 is 1. The number of nitrogens with two attached hydrogens (primary N) is 1. The predicted molar refractivity (Wildman–Crippen MR) is 162 cm³/mol. The van der Waals surface area contributed by atoms with Gasteiger partial charge >= 0.3 is 0 Å². The van der Waals surface area contributed by atoms with E-state index >= 15 is 0 Å². The van der Waals surface area contributed by atoms with Gasteiger partial charge in [-0.2, -0.15) is 0 Å². The summed E-state index contributed by atoms with van der Waals surface area (Å²) in [4.78, 5) is 2.06. The second-order valence-corrected chi connectivity index (χ2v) is 10.1. The van der Waals surface area contributed by atoms with Crippen LogP contribution in [-0.2, 0) is 11.2 Å². The van der Waals surface area contributed by atoms with Crippen molar-refractivity contribution in [2.24, 2.45) is 5.73 Å². The van der Waals surface area contributed by atoms with Gasteiger partial charge in [0.25, 0.3) is 0 Å². The zero-order valence-electron chi connectivity index (χ0n) is 24.6. The van der Waals surface area contributed by atoms with Crippen LogP contribution in [0.2, 0.25) is 0 Å². The minimum Gasteiger partial charge on any atom is -0.509 e. The van der Waals surface area contributed by atoms with Gasteiger partial charge in [0, 0.05) is 38.2 Å². The van der Waals surface area contributed by atoms with E-state index in [2.05, 4.69) is 37.6 Å². The summed E-state index contributed by atoms with van der Waals surface area (Å²) in [6, 6.07) is 7.27. The molecule has 6 heteroatoms. The van der Waals surface area contributed by atoms with Crippen molar-refractivity contribution in [1.82, 2.24) is 0 Å². The number of aliphatic hydroxyl groups excluding tert-OH is 2. The van der Waals surface area contributed by atoms with E-state index in [1.165, 1.54) is 13.2 Å². The number of halogens is 1. The first kappa shape index (κ1) is 31.6. The van der Waals surface area contributed by atoms with Crippen LogP contribution in [-0.4, -0.2) is 43.6 Å². The molecule has 0 fully saturated rings. The molecule has 2 rings (SSSR count). The molecule has 0 spiro atoms. The van der Waals surface area contributed by atoms with Crippen LogP contribution in [0.4, 0.5) is 10.1 Å². The van der Waals surface area contributed by atoms with Gasteiger partial charge in [0.15, 0.2) is 0 Å². The van der Waals surface area contributed by atoms with Crippen molar-refractivity contribution in [1.29, 1.82) is 0 Å². The molecule has 4 N–H and O–H groups in total. The minimum absolute atomic E-state index is 0.0779. The molecule has 210 valence electrons. The highest BCUT2D eigenvalue weighted by Crippen LogP contribution is 2.39. The fourth-order valence-corrected chi connectivity index (χ4v) is 4.81. The van der Waals surface area contributed by atoms with Gasteiger partial charge in [-0.25, -0.2) is 4.39 Å². The lowest BCUT2D eigenvalue weighted by molar-refractivity contribution is 0.106. The second-order valence-electron chi connectivity index (χ2n) is 10.1. The SMILES string of the molecule is C=C(N)/C(C(=C)[C@@H](O)/C(C)=C/C(=C)c1c(C)c(-c2ccc(F)c(C)c2)cc(N(C)C)c1CC)=C(\O)[C@H](C)OC. The largest absolute Gasteiger partial charge is 0.509 e. The number of nitrogens with zero attached hydrogens (tertiary/aromatic N) is 1. The molecule has 0 aliphatic carbocycles. The van der Waals surface area contributed by atoms with Crippen molar-refractivity contribution in [3.05, 3.63) is 106 Å². The summed E-state index contributed by atoms with van der Waals surface area (Å²) in [6.45, 7) is 21.4. The van der Waals surface area contributed by atoms with Crippen molar-refractivity contribution < 1.29 is 19.3 Å². The average Bonchev–Trinajstić information content (AvgIpc) is 2.88. The highest BCUT2D eigenvalue weighted by atomic mass is 19.1. The van der Waals surface area contributed by atoms with E-state index in [4.69, 9.17) is 10.5 Å². The first-order valence-corrected chi connectivity index (χ1v) is 12.9. The Morgan fingerprint density at radius 2 is 1.79 bits per heavy atom. The van der Waals surface area contributed by atoms with Crippen LogP contribution in [0, 0.1) is 19.7 Å². The Labute approximate surface area is 233 Å². The Morgan fingerprint density at radius 1 is 1.18 bits per heavy atom. The number of ether oxygens (including phenoxy) is 1. The minimum atomic E-state index is -1.15. The monoisotopic (exact) mass is 534 g/mol. The second kappa shape index (κ2) is 13.0. The van der Waals surface area contributed by atoms with Gasteiger partial charge < -0.3 is 25.6 Å². The molecule has 0 aliphatic heterocycles. The van der Waals surface area contributed by atoms with E-state index in [0.717, 1.165) is 39.9 Å². The van der Waals surface area contributed by atoms with E-state index in [9.17, 15) is 14.6 Å². The summed E-state index contributed by atoms with van der Waals surface area (Å²) in [6.07, 6.45) is 0.783. The number of benzene rings is 2. The third kappa shape index (κ3) is 6.70. The van der Waals surface area contributed by atoms with Crippen LogP contribution in [0.25, 0.3) is 16.7 Å². The molecule has 0 saturated heterocycles. The molecule has 2 aromatic rings. The number of aryl methyl sites for hydroxylation is 1. The molecule has 0 amide bonds. The smallest absolute Gasteiger partial charge is 0.130 e. The molecular weight excluding hydrogens is 491 g/mol. The molecule has 0 radical (unpaired) electrons. The summed E-state index contributed by atoms with van der Waals surface area (Å²) < 4.78 is 19.3. The molecule has 0 saturated carbocycles. The van der Waals surface area contributed by atoms with Crippen molar-refractivity contribution in [3.63, 3.8) is 0 Å². The lowest BCUT2D eigenvalue weighted by atomic mass is 9.85. The summed E-state index contributed by atoms with van der Waals surface area (Å²) in [5, 5.41) is 21.8. The van der Waals surface area contributed by atoms with Gasteiger partial charge in [-0.3, -0.25) is 0 Å². The van der Waals surface area contributed by atoms with Crippen LogP contribution < -0.4 is 10.6 Å². The Balaban J connectivity index is 2.69. The van der Waals surface area contributed by atoms with Crippen LogP contribution in [0.15, 0.2) is 78.3 Å². The van der Waals surface area contributed by atoms with E-state index in [1.54, 1.807) is 26.8 Å². The number of anilines is 1. The highest BCUT2D eigenvalue weighted by Gasteiger charge is 2.24. The lowest BCUT2D eigenvalue weighted by Crippen LogP contribution is -2.21. The van der Waals surface area contributed by atoms with Crippen LogP contribution in [0.3, 0.4) is 0 Å².